The summed E-state index contributed by atoms with van der Waals surface area (Å²) in [5.74, 6) is -0.973. The van der Waals surface area contributed by atoms with Crippen LogP contribution in [0.2, 0.25) is 0 Å². The molecule has 5 rings (SSSR count). The molecule has 1 amide bonds. The van der Waals surface area contributed by atoms with Crippen molar-refractivity contribution < 1.29 is 18.0 Å². The summed E-state index contributed by atoms with van der Waals surface area (Å²) in [6, 6.07) is 0. The minimum atomic E-state index is -4.54. The van der Waals surface area contributed by atoms with Crippen molar-refractivity contribution in [1.82, 2.24) is 24.4 Å². The van der Waals surface area contributed by atoms with Crippen LogP contribution in [0, 0.1) is 0 Å². The molecule has 0 aliphatic carbocycles. The zero-order valence-electron chi connectivity index (χ0n) is 19.3. The van der Waals surface area contributed by atoms with Gasteiger partial charge in [-0.05, 0) is 38.8 Å². The molecule has 2 saturated heterocycles. The molecule has 0 radical (unpaired) electrons. The number of nitrogens with one attached hydrogen (secondary N) is 1. The Labute approximate surface area is 196 Å². The SMILES string of the molecule is CCc1cn(CCN2CCC2)c(C2CCN(c3ncnc4c3[C@H](C(F)(F)F)CC(=O)N4)CC2)n1. The van der Waals surface area contributed by atoms with Gasteiger partial charge >= 0.3 is 6.18 Å². The van der Waals surface area contributed by atoms with Crippen molar-refractivity contribution in [3.05, 3.63) is 29.6 Å². The third-order valence-corrected chi connectivity index (χ3v) is 7.24. The first-order valence-electron chi connectivity index (χ1n) is 12.1. The summed E-state index contributed by atoms with van der Waals surface area (Å²) < 4.78 is 43.7. The van der Waals surface area contributed by atoms with Crippen molar-refractivity contribution in [1.29, 1.82) is 0 Å². The number of aryl methyl sites for hydroxylation is 1. The molecule has 2 aromatic rings. The second-order valence-corrected chi connectivity index (χ2v) is 9.40. The van der Waals surface area contributed by atoms with Gasteiger partial charge in [-0.2, -0.15) is 13.2 Å². The molecule has 2 fully saturated rings. The van der Waals surface area contributed by atoms with Crippen molar-refractivity contribution in [3.8, 4) is 0 Å². The number of hydrogen-bond acceptors (Lipinski definition) is 6. The van der Waals surface area contributed by atoms with Gasteiger partial charge in [0, 0.05) is 44.7 Å². The first-order chi connectivity index (χ1) is 16.3. The van der Waals surface area contributed by atoms with Gasteiger partial charge in [-0.25, -0.2) is 15.0 Å². The van der Waals surface area contributed by atoms with Crippen LogP contribution in [0.1, 0.15) is 61.5 Å². The first kappa shape index (κ1) is 23.1. The third-order valence-electron chi connectivity index (χ3n) is 7.24. The van der Waals surface area contributed by atoms with Crippen molar-refractivity contribution in [2.75, 3.05) is 42.9 Å². The number of fused-ring (bicyclic) bond motifs is 1. The molecule has 3 aliphatic rings. The van der Waals surface area contributed by atoms with Crippen LogP contribution in [0.3, 0.4) is 0 Å². The summed E-state index contributed by atoms with van der Waals surface area (Å²) in [6.07, 6.45) is 1.91. The number of imidazole rings is 1. The highest BCUT2D eigenvalue weighted by atomic mass is 19.4. The molecule has 0 unspecified atom stereocenters. The van der Waals surface area contributed by atoms with E-state index >= 15 is 0 Å². The Morgan fingerprint density at radius 1 is 1.12 bits per heavy atom. The van der Waals surface area contributed by atoms with E-state index in [2.05, 4.69) is 37.9 Å². The van der Waals surface area contributed by atoms with E-state index in [0.29, 0.717) is 13.1 Å². The number of carbonyl (C=O) groups is 1. The third kappa shape index (κ3) is 4.49. The number of anilines is 2. The van der Waals surface area contributed by atoms with Crippen LogP contribution in [-0.4, -0.2) is 69.2 Å². The van der Waals surface area contributed by atoms with Crippen molar-refractivity contribution in [3.63, 3.8) is 0 Å². The highest BCUT2D eigenvalue weighted by Gasteiger charge is 2.48. The maximum Gasteiger partial charge on any atom is 0.396 e. The molecule has 0 bridgehead atoms. The second kappa shape index (κ2) is 9.16. The molecule has 8 nitrogen and oxygen atoms in total. The van der Waals surface area contributed by atoms with E-state index in [1.165, 1.54) is 12.7 Å². The predicted octanol–water partition coefficient (Wildman–Crippen LogP) is 3.31. The molecule has 3 aliphatic heterocycles. The van der Waals surface area contributed by atoms with Gasteiger partial charge in [0.2, 0.25) is 5.91 Å². The van der Waals surface area contributed by atoms with Crippen LogP contribution in [0.25, 0.3) is 0 Å². The van der Waals surface area contributed by atoms with Crippen molar-refractivity contribution in [2.45, 2.75) is 63.6 Å². The number of hydrogen-bond donors (Lipinski definition) is 1. The second-order valence-electron chi connectivity index (χ2n) is 9.40. The molecule has 0 spiro atoms. The Morgan fingerprint density at radius 3 is 2.53 bits per heavy atom. The summed E-state index contributed by atoms with van der Waals surface area (Å²) in [4.78, 5) is 29.3. The van der Waals surface area contributed by atoms with E-state index in [0.717, 1.165) is 57.0 Å². The van der Waals surface area contributed by atoms with Crippen LogP contribution >= 0.6 is 0 Å². The lowest BCUT2D eigenvalue weighted by Gasteiger charge is -2.36. The zero-order valence-corrected chi connectivity index (χ0v) is 19.3. The van der Waals surface area contributed by atoms with Gasteiger partial charge in [-0.1, -0.05) is 6.92 Å². The molecular weight excluding hydrogens is 447 g/mol. The molecule has 1 atom stereocenters. The number of carbonyl (C=O) groups excluding carboxylic acids is 1. The highest BCUT2D eigenvalue weighted by Crippen LogP contribution is 2.46. The Balaban J connectivity index is 1.33. The van der Waals surface area contributed by atoms with E-state index in [1.807, 2.05) is 4.90 Å². The first-order valence-corrected chi connectivity index (χ1v) is 12.1. The number of aromatic nitrogens is 4. The average molecular weight is 478 g/mol. The van der Waals surface area contributed by atoms with Gasteiger partial charge in [0.1, 0.15) is 23.8 Å². The highest BCUT2D eigenvalue weighted by molar-refractivity contribution is 5.94. The lowest BCUT2D eigenvalue weighted by atomic mass is 9.90. The molecule has 11 heteroatoms. The van der Waals surface area contributed by atoms with Crippen molar-refractivity contribution in [2.24, 2.45) is 0 Å². The van der Waals surface area contributed by atoms with Gasteiger partial charge in [0.15, 0.2) is 0 Å². The fourth-order valence-corrected chi connectivity index (χ4v) is 5.17. The van der Waals surface area contributed by atoms with Gasteiger partial charge in [-0.15, -0.1) is 0 Å². The maximum absolute atomic E-state index is 13.8. The summed E-state index contributed by atoms with van der Waals surface area (Å²) in [5, 5.41) is 2.49. The fraction of sp³-hybridized carbons (Fsp3) is 0.652. The number of amides is 1. The quantitative estimate of drug-likeness (QED) is 0.688. The van der Waals surface area contributed by atoms with Crippen LogP contribution in [-0.2, 0) is 17.8 Å². The molecule has 0 saturated carbocycles. The Kier molecular flexibility index (Phi) is 6.22. The lowest BCUT2D eigenvalue weighted by Crippen LogP contribution is -2.40. The molecular formula is C23H30F3N7O. The average Bonchev–Trinajstić information content (AvgIpc) is 3.20. The van der Waals surface area contributed by atoms with Gasteiger partial charge in [0.25, 0.3) is 0 Å². The standard InChI is InChI=1S/C23H30F3N7O/c1-2-16-13-33(11-10-31-6-3-7-31)21(29-16)15-4-8-32(9-5-15)22-19-17(23(24,25)26)12-18(34)30-20(19)27-14-28-22/h13-15,17H,2-12H2,1H3,(H,27,28,30,34)/t17-/m1/s1. The summed E-state index contributed by atoms with van der Waals surface area (Å²) in [7, 11) is 0. The Morgan fingerprint density at radius 2 is 1.88 bits per heavy atom. The van der Waals surface area contributed by atoms with E-state index < -0.39 is 24.4 Å². The minimum Gasteiger partial charge on any atom is -0.356 e. The number of alkyl halides is 3. The topological polar surface area (TPSA) is 79.2 Å². The summed E-state index contributed by atoms with van der Waals surface area (Å²) in [6.45, 7) is 7.50. The molecule has 184 valence electrons. The zero-order chi connectivity index (χ0) is 23.9. The van der Waals surface area contributed by atoms with Crippen molar-refractivity contribution >= 4 is 17.5 Å². The predicted molar refractivity (Wildman–Crippen MR) is 121 cm³/mol. The maximum atomic E-state index is 13.8. The number of halogens is 3. The largest absolute Gasteiger partial charge is 0.396 e. The van der Waals surface area contributed by atoms with Gasteiger partial charge in [-0.3, -0.25) is 4.79 Å². The van der Waals surface area contributed by atoms with E-state index in [9.17, 15) is 18.0 Å². The monoisotopic (exact) mass is 477 g/mol. The van der Waals surface area contributed by atoms with E-state index in [4.69, 9.17) is 4.98 Å². The fourth-order valence-electron chi connectivity index (χ4n) is 5.17. The van der Waals surface area contributed by atoms with Gasteiger partial charge in [0.05, 0.1) is 17.2 Å². The van der Waals surface area contributed by atoms with Crippen LogP contribution < -0.4 is 10.2 Å². The molecule has 0 aromatic carbocycles. The smallest absolute Gasteiger partial charge is 0.356 e. The molecule has 2 aromatic heterocycles. The molecule has 34 heavy (non-hydrogen) atoms. The Bertz CT molecular complexity index is 1040. The van der Waals surface area contributed by atoms with Crippen LogP contribution in [0.5, 0.6) is 0 Å². The summed E-state index contributed by atoms with van der Waals surface area (Å²) >= 11 is 0. The lowest BCUT2D eigenvalue weighted by molar-refractivity contribution is -0.156. The summed E-state index contributed by atoms with van der Waals surface area (Å²) in [5.41, 5.74) is 1.06. The number of piperidine rings is 1. The number of rotatable bonds is 6. The number of nitrogens with zero attached hydrogens (tertiary/aromatic N) is 6. The molecule has 1 N–H and O–H groups in total. The van der Waals surface area contributed by atoms with E-state index in [-0.39, 0.29) is 23.1 Å². The molecule has 5 heterocycles. The van der Waals surface area contributed by atoms with E-state index in [1.54, 1.807) is 0 Å². The van der Waals surface area contributed by atoms with Crippen LogP contribution in [0.15, 0.2) is 12.5 Å². The number of likely N-dealkylation sites (tertiary alicyclic amines) is 1. The Hall–Kier alpha value is -2.69. The van der Waals surface area contributed by atoms with Crippen LogP contribution in [0.4, 0.5) is 24.8 Å². The minimum absolute atomic E-state index is 0.0163. The van der Waals surface area contributed by atoms with Gasteiger partial charge < -0.3 is 19.7 Å². The normalized spacial score (nSPS) is 21.8.